The molecule has 0 bridgehead atoms. The second-order valence-corrected chi connectivity index (χ2v) is 6.31. The van der Waals surface area contributed by atoms with Gasteiger partial charge in [0.05, 0.1) is 29.4 Å². The number of hydrogen-bond donors (Lipinski definition) is 0. The quantitative estimate of drug-likeness (QED) is 0.514. The van der Waals surface area contributed by atoms with Gasteiger partial charge in [0.15, 0.2) is 0 Å². The molecule has 3 aromatic rings. The normalized spacial score (nSPS) is 12.0. The summed E-state index contributed by atoms with van der Waals surface area (Å²) < 4.78 is 40.6. The summed E-state index contributed by atoms with van der Waals surface area (Å²) in [5.74, 6) is 0. The maximum absolute atomic E-state index is 13.1. The summed E-state index contributed by atoms with van der Waals surface area (Å²) in [5.41, 5.74) is 0.585. The number of aromatic nitrogens is 2. The fraction of sp³-hybridized carbons (Fsp3) is 0.111. The minimum atomic E-state index is -4.47. The van der Waals surface area contributed by atoms with Crippen molar-refractivity contribution in [3.8, 4) is 6.07 Å². The number of fused-ring (bicyclic) bond motifs is 1. The third kappa shape index (κ3) is 3.69. The van der Waals surface area contributed by atoms with Crippen LogP contribution in [0.2, 0.25) is 10.0 Å². The molecule has 0 fully saturated rings. The van der Waals surface area contributed by atoms with E-state index >= 15 is 0 Å². The molecule has 0 radical (unpaired) electrons. The zero-order valence-electron chi connectivity index (χ0n) is 13.1. The Labute approximate surface area is 156 Å². The van der Waals surface area contributed by atoms with E-state index in [0.717, 1.165) is 12.1 Å². The van der Waals surface area contributed by atoms with Gasteiger partial charge >= 0.3 is 6.18 Å². The van der Waals surface area contributed by atoms with Crippen LogP contribution in [-0.2, 0) is 12.7 Å². The molecule has 0 aliphatic rings. The number of rotatable bonds is 3. The van der Waals surface area contributed by atoms with Crippen molar-refractivity contribution >= 4 is 40.2 Å². The molecule has 2 aromatic carbocycles. The number of nitriles is 1. The lowest BCUT2D eigenvalue weighted by atomic mass is 10.1. The van der Waals surface area contributed by atoms with E-state index in [2.05, 4.69) is 5.10 Å². The van der Waals surface area contributed by atoms with Crippen molar-refractivity contribution in [1.29, 1.82) is 5.26 Å². The Kier molecular flexibility index (Phi) is 4.94. The average Bonchev–Trinajstić information content (AvgIpc) is 2.92. The summed E-state index contributed by atoms with van der Waals surface area (Å²) in [6, 6.07) is 10.1. The molecule has 1 aromatic heterocycles. The molecule has 0 saturated heterocycles. The van der Waals surface area contributed by atoms with Crippen molar-refractivity contribution in [3.63, 3.8) is 0 Å². The number of alkyl halides is 3. The Hall–Kier alpha value is -2.49. The Morgan fingerprint density at radius 1 is 1.15 bits per heavy atom. The molecule has 0 N–H and O–H groups in total. The van der Waals surface area contributed by atoms with Crippen LogP contribution < -0.4 is 0 Å². The van der Waals surface area contributed by atoms with E-state index in [1.807, 2.05) is 6.07 Å². The van der Waals surface area contributed by atoms with Crippen LogP contribution in [0.5, 0.6) is 0 Å². The number of nitrogens with zero attached hydrogens (tertiary/aromatic N) is 3. The van der Waals surface area contributed by atoms with Crippen molar-refractivity contribution in [3.05, 3.63) is 69.3 Å². The van der Waals surface area contributed by atoms with Gasteiger partial charge in [0.25, 0.3) is 0 Å². The second kappa shape index (κ2) is 7.02. The lowest BCUT2D eigenvalue weighted by Gasteiger charge is -2.09. The highest BCUT2D eigenvalue weighted by atomic mass is 35.5. The molecule has 26 heavy (non-hydrogen) atoms. The summed E-state index contributed by atoms with van der Waals surface area (Å²) in [4.78, 5) is 0. The van der Waals surface area contributed by atoms with Gasteiger partial charge in [-0.05, 0) is 42.0 Å². The predicted octanol–water partition coefficient (Wildman–Crippen LogP) is 5.95. The molecule has 3 rings (SSSR count). The van der Waals surface area contributed by atoms with E-state index in [1.165, 1.54) is 22.9 Å². The number of benzene rings is 2. The molecule has 0 aliphatic heterocycles. The highest BCUT2D eigenvalue weighted by molar-refractivity contribution is 6.35. The first-order valence-corrected chi connectivity index (χ1v) is 8.13. The first-order valence-electron chi connectivity index (χ1n) is 7.37. The maximum Gasteiger partial charge on any atom is 0.416 e. The van der Waals surface area contributed by atoms with Crippen molar-refractivity contribution < 1.29 is 13.2 Å². The van der Waals surface area contributed by atoms with Gasteiger partial charge in [-0.2, -0.15) is 23.5 Å². The number of hydrogen-bond acceptors (Lipinski definition) is 2. The summed E-state index contributed by atoms with van der Waals surface area (Å²) in [6.45, 7) is 0.161. The molecule has 8 heteroatoms. The topological polar surface area (TPSA) is 41.6 Å². The van der Waals surface area contributed by atoms with Crippen molar-refractivity contribution in [2.24, 2.45) is 0 Å². The van der Waals surface area contributed by atoms with Gasteiger partial charge in [-0.1, -0.05) is 29.3 Å². The minimum Gasteiger partial charge on any atom is -0.260 e. The molecule has 0 saturated carbocycles. The van der Waals surface area contributed by atoms with Crippen molar-refractivity contribution in [2.45, 2.75) is 12.7 Å². The van der Waals surface area contributed by atoms with E-state index in [1.54, 1.807) is 18.2 Å². The Bertz CT molecular complexity index is 1050. The van der Waals surface area contributed by atoms with Crippen LogP contribution in [0.1, 0.15) is 16.8 Å². The summed E-state index contributed by atoms with van der Waals surface area (Å²) >= 11 is 12.0. The van der Waals surface area contributed by atoms with Gasteiger partial charge in [-0.15, -0.1) is 0 Å². The molecule has 1 heterocycles. The second-order valence-electron chi connectivity index (χ2n) is 5.47. The molecule has 0 unspecified atom stereocenters. The SMILES string of the molecule is N#CC=Cc1nn(Cc2ccc(Cl)cc2Cl)c2cc(C(F)(F)F)ccc12. The van der Waals surface area contributed by atoms with Crippen molar-refractivity contribution in [1.82, 2.24) is 9.78 Å². The van der Waals surface area contributed by atoms with Gasteiger partial charge in [0, 0.05) is 21.5 Å². The molecule has 0 atom stereocenters. The van der Waals surface area contributed by atoms with Gasteiger partial charge in [0.1, 0.15) is 0 Å². The predicted molar refractivity (Wildman–Crippen MR) is 94.9 cm³/mol. The highest BCUT2D eigenvalue weighted by Gasteiger charge is 2.31. The lowest BCUT2D eigenvalue weighted by molar-refractivity contribution is -0.137. The minimum absolute atomic E-state index is 0.161. The van der Waals surface area contributed by atoms with Crippen LogP contribution in [0.15, 0.2) is 42.5 Å². The molecular weight excluding hydrogens is 386 g/mol. The van der Waals surface area contributed by atoms with Crippen LogP contribution in [0, 0.1) is 11.3 Å². The van der Waals surface area contributed by atoms with E-state index in [0.29, 0.717) is 32.2 Å². The van der Waals surface area contributed by atoms with E-state index in [-0.39, 0.29) is 6.54 Å². The molecule has 132 valence electrons. The van der Waals surface area contributed by atoms with Crippen LogP contribution in [0.3, 0.4) is 0 Å². The van der Waals surface area contributed by atoms with Gasteiger partial charge < -0.3 is 0 Å². The maximum atomic E-state index is 13.1. The molecule has 0 amide bonds. The van der Waals surface area contributed by atoms with Gasteiger partial charge in [-0.3, -0.25) is 4.68 Å². The van der Waals surface area contributed by atoms with Crippen LogP contribution in [0.25, 0.3) is 17.0 Å². The summed E-state index contributed by atoms with van der Waals surface area (Å²) in [6.07, 6.45) is -1.79. The number of allylic oxidation sites excluding steroid dienone is 1. The molecule has 3 nitrogen and oxygen atoms in total. The summed E-state index contributed by atoms with van der Waals surface area (Å²) in [7, 11) is 0. The Balaban J connectivity index is 2.16. The van der Waals surface area contributed by atoms with E-state index in [9.17, 15) is 13.2 Å². The molecular formula is C18H10Cl2F3N3. The number of halogens is 5. The Morgan fingerprint density at radius 2 is 1.92 bits per heavy atom. The lowest BCUT2D eigenvalue weighted by Crippen LogP contribution is -2.06. The zero-order valence-corrected chi connectivity index (χ0v) is 14.6. The third-order valence-corrected chi connectivity index (χ3v) is 4.35. The first-order chi connectivity index (χ1) is 12.3. The smallest absolute Gasteiger partial charge is 0.260 e. The zero-order chi connectivity index (χ0) is 18.9. The van der Waals surface area contributed by atoms with Crippen LogP contribution >= 0.6 is 23.2 Å². The van der Waals surface area contributed by atoms with E-state index in [4.69, 9.17) is 28.5 Å². The molecule has 0 spiro atoms. The van der Waals surface area contributed by atoms with Crippen molar-refractivity contribution in [2.75, 3.05) is 0 Å². The van der Waals surface area contributed by atoms with Gasteiger partial charge in [0.2, 0.25) is 0 Å². The standard InChI is InChI=1S/C18H10Cl2F3N3/c19-13-5-3-11(15(20)9-13)10-26-17-8-12(18(21,22)23)4-6-14(17)16(25-26)2-1-7-24/h1-6,8-9H,10H2. The fourth-order valence-corrected chi connectivity index (χ4v) is 3.02. The van der Waals surface area contributed by atoms with Crippen LogP contribution in [-0.4, -0.2) is 9.78 Å². The summed E-state index contributed by atoms with van der Waals surface area (Å²) in [5, 5.41) is 14.4. The monoisotopic (exact) mass is 395 g/mol. The highest BCUT2D eigenvalue weighted by Crippen LogP contribution is 2.33. The van der Waals surface area contributed by atoms with Crippen LogP contribution in [0.4, 0.5) is 13.2 Å². The molecule has 0 aliphatic carbocycles. The first kappa shape index (κ1) is 18.3. The Morgan fingerprint density at radius 3 is 2.58 bits per heavy atom. The van der Waals surface area contributed by atoms with Gasteiger partial charge in [-0.25, -0.2) is 0 Å². The van der Waals surface area contributed by atoms with E-state index < -0.39 is 11.7 Å². The largest absolute Gasteiger partial charge is 0.416 e. The third-order valence-electron chi connectivity index (χ3n) is 3.76. The fourth-order valence-electron chi connectivity index (χ4n) is 2.55. The average molecular weight is 396 g/mol.